The van der Waals surface area contributed by atoms with Crippen LogP contribution in [0.4, 0.5) is 0 Å². The van der Waals surface area contributed by atoms with E-state index in [1.165, 1.54) is 16.8 Å². The zero-order valence-electron chi connectivity index (χ0n) is 10.5. The molecule has 0 spiro atoms. The van der Waals surface area contributed by atoms with Crippen LogP contribution in [0.5, 0.6) is 0 Å². The van der Waals surface area contributed by atoms with Crippen LogP contribution in [0.25, 0.3) is 5.70 Å². The second kappa shape index (κ2) is 5.40. The van der Waals surface area contributed by atoms with E-state index >= 15 is 0 Å². The lowest BCUT2D eigenvalue weighted by atomic mass is 10.0. The Kier molecular flexibility index (Phi) is 3.87. The third kappa shape index (κ3) is 2.34. The van der Waals surface area contributed by atoms with Crippen molar-refractivity contribution < 1.29 is 0 Å². The molecule has 1 aliphatic rings. The Bertz CT molecular complexity index is 537. The molecule has 1 nitrogen and oxygen atoms in total. The minimum absolute atomic E-state index is 0.753. The standard InChI is InChI=1S/C16H16BrN/c1-4-10-18-13(3)15(17)11-12(2)16(18)14-8-6-5-7-9-14/h4-9,11H,1,3,10H2,2H3. The summed E-state index contributed by atoms with van der Waals surface area (Å²) in [6.45, 7) is 10.8. The van der Waals surface area contributed by atoms with Crippen molar-refractivity contribution >= 4 is 21.6 Å². The van der Waals surface area contributed by atoms with Gasteiger partial charge in [-0.15, -0.1) is 6.58 Å². The molecule has 1 aromatic rings. The molecule has 0 saturated carbocycles. The monoisotopic (exact) mass is 301 g/mol. The van der Waals surface area contributed by atoms with Crippen LogP contribution in [0, 0.1) is 0 Å². The van der Waals surface area contributed by atoms with Gasteiger partial charge in [0.25, 0.3) is 0 Å². The lowest BCUT2D eigenvalue weighted by Gasteiger charge is -2.33. The minimum atomic E-state index is 0.753. The van der Waals surface area contributed by atoms with Crippen LogP contribution in [-0.4, -0.2) is 11.4 Å². The van der Waals surface area contributed by atoms with Gasteiger partial charge in [-0.1, -0.05) is 43.0 Å². The van der Waals surface area contributed by atoms with E-state index in [-0.39, 0.29) is 0 Å². The third-order valence-electron chi connectivity index (χ3n) is 2.95. The number of halogens is 1. The molecular weight excluding hydrogens is 286 g/mol. The van der Waals surface area contributed by atoms with Crippen molar-refractivity contribution in [3.05, 3.63) is 77.0 Å². The first-order valence-corrected chi connectivity index (χ1v) is 6.65. The van der Waals surface area contributed by atoms with Gasteiger partial charge in [-0.05, 0) is 40.1 Å². The van der Waals surface area contributed by atoms with Crippen molar-refractivity contribution in [3.63, 3.8) is 0 Å². The van der Waals surface area contributed by atoms with Gasteiger partial charge in [-0.25, -0.2) is 0 Å². The highest BCUT2D eigenvalue weighted by Gasteiger charge is 2.21. The van der Waals surface area contributed by atoms with Gasteiger partial charge in [0.05, 0.1) is 5.70 Å². The normalized spacial score (nSPS) is 15.8. The first kappa shape index (κ1) is 12.9. The zero-order chi connectivity index (χ0) is 13.1. The van der Waals surface area contributed by atoms with Gasteiger partial charge in [0.1, 0.15) is 0 Å². The van der Waals surface area contributed by atoms with E-state index in [1.807, 2.05) is 12.1 Å². The van der Waals surface area contributed by atoms with E-state index in [0.29, 0.717) is 0 Å². The fourth-order valence-electron chi connectivity index (χ4n) is 2.13. The van der Waals surface area contributed by atoms with Gasteiger partial charge in [0.15, 0.2) is 0 Å². The molecule has 18 heavy (non-hydrogen) atoms. The van der Waals surface area contributed by atoms with Crippen molar-refractivity contribution in [2.45, 2.75) is 6.92 Å². The summed E-state index contributed by atoms with van der Waals surface area (Å²) in [5, 5.41) is 0. The Morgan fingerprint density at radius 3 is 2.56 bits per heavy atom. The topological polar surface area (TPSA) is 3.24 Å². The molecular formula is C16H16BrN. The van der Waals surface area contributed by atoms with E-state index in [0.717, 1.165) is 16.7 Å². The van der Waals surface area contributed by atoms with Crippen molar-refractivity contribution in [1.29, 1.82) is 0 Å². The second-order valence-corrected chi connectivity index (χ2v) is 5.09. The molecule has 0 N–H and O–H groups in total. The van der Waals surface area contributed by atoms with Crippen molar-refractivity contribution in [1.82, 2.24) is 4.90 Å². The van der Waals surface area contributed by atoms with Crippen LogP contribution in [0.3, 0.4) is 0 Å². The molecule has 0 saturated heterocycles. The predicted molar refractivity (Wildman–Crippen MR) is 82.1 cm³/mol. The van der Waals surface area contributed by atoms with E-state index < -0.39 is 0 Å². The molecule has 0 bridgehead atoms. The third-order valence-corrected chi connectivity index (χ3v) is 3.63. The average molecular weight is 302 g/mol. The molecule has 2 heteroatoms. The highest BCUT2D eigenvalue weighted by molar-refractivity contribution is 9.12. The van der Waals surface area contributed by atoms with Crippen LogP contribution in [-0.2, 0) is 0 Å². The Balaban J connectivity index is 2.55. The summed E-state index contributed by atoms with van der Waals surface area (Å²) < 4.78 is 1.03. The number of hydrogen-bond donors (Lipinski definition) is 0. The Hall–Kier alpha value is -1.54. The molecule has 1 aromatic carbocycles. The molecule has 0 amide bonds. The largest absolute Gasteiger partial charge is 0.336 e. The van der Waals surface area contributed by atoms with E-state index in [2.05, 4.69) is 71.3 Å². The van der Waals surface area contributed by atoms with Crippen LogP contribution in [0.1, 0.15) is 12.5 Å². The molecule has 92 valence electrons. The number of hydrogen-bond acceptors (Lipinski definition) is 1. The molecule has 1 aliphatic heterocycles. The molecule has 0 unspecified atom stereocenters. The van der Waals surface area contributed by atoms with Gasteiger partial charge in [0, 0.05) is 16.7 Å². The summed E-state index contributed by atoms with van der Waals surface area (Å²) in [5.41, 5.74) is 4.60. The summed E-state index contributed by atoms with van der Waals surface area (Å²) in [7, 11) is 0. The van der Waals surface area contributed by atoms with Crippen molar-refractivity contribution in [2.75, 3.05) is 6.54 Å². The first-order chi connectivity index (χ1) is 8.65. The molecule has 1 heterocycles. The molecule has 2 rings (SSSR count). The van der Waals surface area contributed by atoms with Gasteiger partial charge in [0.2, 0.25) is 0 Å². The van der Waals surface area contributed by atoms with Crippen LogP contribution in [0.15, 0.2) is 71.4 Å². The summed E-state index contributed by atoms with van der Waals surface area (Å²) in [6.07, 6.45) is 4.01. The Morgan fingerprint density at radius 2 is 1.94 bits per heavy atom. The molecule has 0 aliphatic carbocycles. The highest BCUT2D eigenvalue weighted by Crippen LogP contribution is 2.36. The molecule has 0 radical (unpaired) electrons. The summed E-state index contributed by atoms with van der Waals surface area (Å²) in [5.74, 6) is 0. The lowest BCUT2D eigenvalue weighted by molar-refractivity contribution is 0.553. The van der Waals surface area contributed by atoms with E-state index in [4.69, 9.17) is 0 Å². The summed E-state index contributed by atoms with van der Waals surface area (Å²) in [6, 6.07) is 10.4. The lowest BCUT2D eigenvalue weighted by Crippen LogP contribution is -2.24. The van der Waals surface area contributed by atoms with Crippen molar-refractivity contribution in [2.24, 2.45) is 0 Å². The fourth-order valence-corrected chi connectivity index (χ4v) is 2.69. The van der Waals surface area contributed by atoms with E-state index in [1.54, 1.807) is 0 Å². The summed E-state index contributed by atoms with van der Waals surface area (Å²) >= 11 is 3.56. The predicted octanol–water partition coefficient (Wildman–Crippen LogP) is 4.71. The van der Waals surface area contributed by atoms with Crippen LogP contribution in [0.2, 0.25) is 0 Å². The van der Waals surface area contributed by atoms with Gasteiger partial charge >= 0.3 is 0 Å². The SMILES string of the molecule is C=CCN1C(=C)C(Br)=CC(C)=C1c1ccccc1. The second-order valence-electron chi connectivity index (χ2n) is 4.24. The van der Waals surface area contributed by atoms with Gasteiger partial charge < -0.3 is 4.90 Å². The Morgan fingerprint density at radius 1 is 1.28 bits per heavy atom. The smallest absolute Gasteiger partial charge is 0.0517 e. The molecule has 0 aromatic heterocycles. The highest BCUT2D eigenvalue weighted by atomic mass is 79.9. The van der Waals surface area contributed by atoms with E-state index in [9.17, 15) is 0 Å². The van der Waals surface area contributed by atoms with Crippen LogP contribution >= 0.6 is 15.9 Å². The average Bonchev–Trinajstić information content (AvgIpc) is 2.37. The van der Waals surface area contributed by atoms with Gasteiger partial charge in [-0.2, -0.15) is 0 Å². The number of benzene rings is 1. The molecule has 0 fully saturated rings. The zero-order valence-corrected chi connectivity index (χ0v) is 12.1. The van der Waals surface area contributed by atoms with Crippen molar-refractivity contribution in [3.8, 4) is 0 Å². The first-order valence-electron chi connectivity index (χ1n) is 5.86. The Labute approximate surface area is 117 Å². The maximum atomic E-state index is 4.13. The maximum Gasteiger partial charge on any atom is 0.0517 e. The fraction of sp³-hybridized carbons (Fsp3) is 0.125. The summed E-state index contributed by atoms with van der Waals surface area (Å²) in [4.78, 5) is 2.18. The number of allylic oxidation sites excluding steroid dienone is 3. The number of rotatable bonds is 3. The molecule has 0 atom stereocenters. The quantitative estimate of drug-likeness (QED) is 0.731. The number of nitrogens with zero attached hydrogens (tertiary/aromatic N) is 1. The maximum absolute atomic E-state index is 4.13. The minimum Gasteiger partial charge on any atom is -0.336 e. The van der Waals surface area contributed by atoms with Gasteiger partial charge in [-0.3, -0.25) is 0 Å². The van der Waals surface area contributed by atoms with Crippen LogP contribution < -0.4 is 0 Å².